The maximum absolute atomic E-state index is 12.1. The van der Waals surface area contributed by atoms with Crippen LogP contribution in [0.25, 0.3) is 0 Å². The molecule has 0 bridgehead atoms. The van der Waals surface area contributed by atoms with Crippen molar-refractivity contribution in [2.24, 2.45) is 0 Å². The molecule has 2 aromatic rings. The lowest BCUT2D eigenvalue weighted by molar-refractivity contribution is 0.0601. The fourth-order valence-corrected chi connectivity index (χ4v) is 3.95. The number of ether oxygens (including phenoxy) is 1. The van der Waals surface area contributed by atoms with Crippen molar-refractivity contribution >= 4 is 45.3 Å². The Morgan fingerprint density at radius 2 is 1.96 bits per heavy atom. The summed E-state index contributed by atoms with van der Waals surface area (Å²) in [5.41, 5.74) is 4.79. The summed E-state index contributed by atoms with van der Waals surface area (Å²) >= 11 is 6.94. The topological polar surface area (TPSA) is 50.4 Å². The third kappa shape index (κ3) is 3.94. The van der Waals surface area contributed by atoms with Crippen molar-refractivity contribution < 1.29 is 9.53 Å². The lowest BCUT2D eigenvalue weighted by atomic mass is 10.1. The lowest BCUT2D eigenvalue weighted by Gasteiger charge is -2.13. The number of carbonyl (C=O) groups is 1. The number of thiocarbonyl (C=S) groups is 1. The average Bonchev–Trinajstić information content (AvgIpc) is 2.85. The molecule has 0 radical (unpaired) electrons. The number of aryl methyl sites for hydroxylation is 3. The molecule has 0 spiro atoms. The zero-order valence-electron chi connectivity index (χ0n) is 14.6. The predicted octanol–water partition coefficient (Wildman–Crippen LogP) is 4.83. The molecule has 6 heteroatoms. The standard InChI is InChI=1S/C18H22N2O2S2/c1-6-13-12(4)24-16(15(13)17(21)22-5)20-18(23)19-14-9-10(2)7-8-11(14)3/h7-9H,6H2,1-5H3,(H2,19,20,23). The van der Waals surface area contributed by atoms with Crippen LogP contribution in [0.4, 0.5) is 10.7 Å². The molecule has 2 rings (SSSR count). The highest BCUT2D eigenvalue weighted by atomic mass is 32.1. The summed E-state index contributed by atoms with van der Waals surface area (Å²) in [5.74, 6) is -0.340. The fourth-order valence-electron chi connectivity index (χ4n) is 2.54. The summed E-state index contributed by atoms with van der Waals surface area (Å²) in [6, 6.07) is 6.15. The lowest BCUT2D eigenvalue weighted by Crippen LogP contribution is -2.20. The Morgan fingerprint density at radius 1 is 1.25 bits per heavy atom. The van der Waals surface area contributed by atoms with Crippen LogP contribution in [0.5, 0.6) is 0 Å². The van der Waals surface area contributed by atoms with E-state index in [1.165, 1.54) is 18.4 Å². The molecule has 1 heterocycles. The second-order valence-electron chi connectivity index (χ2n) is 5.58. The smallest absolute Gasteiger partial charge is 0.341 e. The largest absolute Gasteiger partial charge is 0.465 e. The Balaban J connectivity index is 2.26. The molecule has 0 atom stereocenters. The molecule has 24 heavy (non-hydrogen) atoms. The maximum Gasteiger partial charge on any atom is 0.341 e. The third-order valence-corrected chi connectivity index (χ3v) is 5.09. The highest BCUT2D eigenvalue weighted by molar-refractivity contribution is 7.80. The van der Waals surface area contributed by atoms with Gasteiger partial charge < -0.3 is 15.4 Å². The van der Waals surface area contributed by atoms with E-state index in [0.29, 0.717) is 10.7 Å². The van der Waals surface area contributed by atoms with Crippen LogP contribution in [0, 0.1) is 20.8 Å². The van der Waals surface area contributed by atoms with Gasteiger partial charge in [0.25, 0.3) is 0 Å². The molecule has 0 unspecified atom stereocenters. The van der Waals surface area contributed by atoms with Gasteiger partial charge in [-0.3, -0.25) is 0 Å². The summed E-state index contributed by atoms with van der Waals surface area (Å²) in [5, 5.41) is 7.54. The predicted molar refractivity (Wildman–Crippen MR) is 106 cm³/mol. The minimum absolute atomic E-state index is 0.340. The third-order valence-electron chi connectivity index (χ3n) is 3.82. The van der Waals surface area contributed by atoms with Crippen molar-refractivity contribution in [3.63, 3.8) is 0 Å². The summed E-state index contributed by atoms with van der Waals surface area (Å²) < 4.78 is 4.93. The highest BCUT2D eigenvalue weighted by Crippen LogP contribution is 2.34. The summed E-state index contributed by atoms with van der Waals surface area (Å²) in [7, 11) is 1.39. The van der Waals surface area contributed by atoms with Gasteiger partial charge in [0, 0.05) is 10.6 Å². The molecule has 0 aliphatic heterocycles. The van der Waals surface area contributed by atoms with Crippen LogP contribution in [-0.4, -0.2) is 18.2 Å². The van der Waals surface area contributed by atoms with Gasteiger partial charge in [0.2, 0.25) is 0 Å². The van der Waals surface area contributed by atoms with Gasteiger partial charge in [-0.15, -0.1) is 11.3 Å². The number of thiophene rings is 1. The summed E-state index contributed by atoms with van der Waals surface area (Å²) in [4.78, 5) is 13.2. The Bertz CT molecular complexity index is 782. The molecular formula is C18H22N2O2S2. The van der Waals surface area contributed by atoms with Gasteiger partial charge in [-0.25, -0.2) is 4.79 Å². The van der Waals surface area contributed by atoms with Gasteiger partial charge in [0.1, 0.15) is 5.00 Å². The second kappa shape index (κ2) is 7.77. The zero-order chi connectivity index (χ0) is 17.9. The van der Waals surface area contributed by atoms with E-state index >= 15 is 0 Å². The fraction of sp³-hybridized carbons (Fsp3) is 0.333. The van der Waals surface area contributed by atoms with E-state index in [4.69, 9.17) is 17.0 Å². The van der Waals surface area contributed by atoms with Crippen LogP contribution < -0.4 is 10.6 Å². The Kier molecular flexibility index (Phi) is 5.96. The average molecular weight is 363 g/mol. The second-order valence-corrected chi connectivity index (χ2v) is 7.22. The van der Waals surface area contributed by atoms with Gasteiger partial charge in [-0.2, -0.15) is 0 Å². The zero-order valence-corrected chi connectivity index (χ0v) is 16.2. The van der Waals surface area contributed by atoms with Crippen LogP contribution >= 0.6 is 23.6 Å². The quantitative estimate of drug-likeness (QED) is 0.602. The monoisotopic (exact) mass is 362 g/mol. The molecule has 0 aliphatic carbocycles. The molecule has 1 aromatic heterocycles. The first-order valence-electron chi connectivity index (χ1n) is 7.73. The first kappa shape index (κ1) is 18.4. The number of methoxy groups -OCH3 is 1. The minimum atomic E-state index is -0.340. The number of rotatable bonds is 4. The maximum atomic E-state index is 12.1. The van der Waals surface area contributed by atoms with E-state index in [0.717, 1.165) is 38.7 Å². The number of carbonyl (C=O) groups excluding carboxylic acids is 1. The van der Waals surface area contributed by atoms with Crippen LogP contribution in [0.1, 0.15) is 38.8 Å². The number of hydrogen-bond acceptors (Lipinski definition) is 4. The van der Waals surface area contributed by atoms with Crippen LogP contribution in [0.15, 0.2) is 18.2 Å². The molecule has 2 N–H and O–H groups in total. The number of hydrogen-bond donors (Lipinski definition) is 2. The molecule has 0 amide bonds. The Labute approximate surface area is 152 Å². The Hall–Kier alpha value is -1.92. The first-order chi connectivity index (χ1) is 11.4. The van der Waals surface area contributed by atoms with Gasteiger partial charge >= 0.3 is 5.97 Å². The van der Waals surface area contributed by atoms with Crippen molar-refractivity contribution in [2.45, 2.75) is 34.1 Å². The van der Waals surface area contributed by atoms with Gasteiger partial charge in [-0.05, 0) is 62.2 Å². The van der Waals surface area contributed by atoms with Crippen molar-refractivity contribution in [3.05, 3.63) is 45.3 Å². The minimum Gasteiger partial charge on any atom is -0.465 e. The van der Waals surface area contributed by atoms with E-state index in [1.807, 2.05) is 39.8 Å². The molecule has 1 aromatic carbocycles. The number of esters is 1. The first-order valence-corrected chi connectivity index (χ1v) is 8.95. The molecule has 128 valence electrons. The van der Waals surface area contributed by atoms with E-state index in [2.05, 4.69) is 16.7 Å². The summed E-state index contributed by atoms with van der Waals surface area (Å²) in [6.45, 7) is 8.08. The van der Waals surface area contributed by atoms with Crippen molar-refractivity contribution in [3.8, 4) is 0 Å². The van der Waals surface area contributed by atoms with E-state index in [-0.39, 0.29) is 5.97 Å². The van der Waals surface area contributed by atoms with E-state index in [1.54, 1.807) is 0 Å². The van der Waals surface area contributed by atoms with Crippen molar-refractivity contribution in [1.29, 1.82) is 0 Å². The normalized spacial score (nSPS) is 10.4. The van der Waals surface area contributed by atoms with Crippen molar-refractivity contribution in [2.75, 3.05) is 17.7 Å². The number of anilines is 2. The van der Waals surface area contributed by atoms with Crippen LogP contribution in [-0.2, 0) is 11.2 Å². The number of nitrogens with one attached hydrogen (secondary N) is 2. The van der Waals surface area contributed by atoms with Gasteiger partial charge in [-0.1, -0.05) is 19.1 Å². The highest BCUT2D eigenvalue weighted by Gasteiger charge is 2.22. The molecular weight excluding hydrogens is 340 g/mol. The van der Waals surface area contributed by atoms with Gasteiger partial charge in [0.05, 0.1) is 12.7 Å². The molecule has 0 saturated heterocycles. The Morgan fingerprint density at radius 3 is 2.58 bits per heavy atom. The van der Waals surface area contributed by atoms with Crippen LogP contribution in [0.3, 0.4) is 0 Å². The SMILES string of the molecule is CCc1c(C)sc(NC(=S)Nc2cc(C)ccc2C)c1C(=O)OC. The molecule has 0 aliphatic rings. The van der Waals surface area contributed by atoms with Gasteiger partial charge in [0.15, 0.2) is 5.11 Å². The molecule has 4 nitrogen and oxygen atoms in total. The van der Waals surface area contributed by atoms with Crippen LogP contribution in [0.2, 0.25) is 0 Å². The van der Waals surface area contributed by atoms with E-state index in [9.17, 15) is 4.79 Å². The number of benzene rings is 1. The van der Waals surface area contributed by atoms with E-state index < -0.39 is 0 Å². The molecule has 0 fully saturated rings. The molecule has 0 saturated carbocycles. The van der Waals surface area contributed by atoms with Crippen molar-refractivity contribution in [1.82, 2.24) is 0 Å². The summed E-state index contributed by atoms with van der Waals surface area (Å²) in [6.07, 6.45) is 0.769.